The first-order chi connectivity index (χ1) is 15.0. The molecule has 0 aliphatic heterocycles. The Bertz CT molecular complexity index is 997. The Hall–Kier alpha value is -2.40. The number of benzene rings is 1. The van der Waals surface area contributed by atoms with E-state index < -0.39 is 0 Å². The first-order valence-electron chi connectivity index (χ1n) is 10.6. The molecule has 3 aromatic rings. The average molecular weight is 551 g/mol. The first kappa shape index (κ1) is 25.9. The molecule has 2 N–H and O–H groups in total. The Balaban J connectivity index is 0.00000363. The number of nitrogens with zero attached hydrogens (tertiary/aromatic N) is 5. The maximum Gasteiger partial charge on any atom is 0.194 e. The second-order valence-corrected chi connectivity index (χ2v) is 7.50. The van der Waals surface area contributed by atoms with Gasteiger partial charge in [0, 0.05) is 32.0 Å². The molecule has 0 atom stereocenters. The smallest absolute Gasteiger partial charge is 0.194 e. The van der Waals surface area contributed by atoms with E-state index >= 15 is 0 Å². The Kier molecular flexibility index (Phi) is 10.2. The van der Waals surface area contributed by atoms with Gasteiger partial charge in [-0.1, -0.05) is 30.3 Å². The highest BCUT2D eigenvalue weighted by molar-refractivity contribution is 14.0. The van der Waals surface area contributed by atoms with Crippen LogP contribution >= 0.6 is 24.0 Å². The van der Waals surface area contributed by atoms with Crippen molar-refractivity contribution >= 4 is 29.9 Å². The number of aryl methyl sites for hydroxylation is 1. The van der Waals surface area contributed by atoms with Gasteiger partial charge in [-0.3, -0.25) is 4.68 Å². The summed E-state index contributed by atoms with van der Waals surface area (Å²) >= 11 is 0. The monoisotopic (exact) mass is 551 g/mol. The molecule has 0 aliphatic rings. The minimum Gasteiger partial charge on any atom is -0.383 e. The number of aliphatic imine (C=N–C) groups is 1. The van der Waals surface area contributed by atoms with Crippen molar-refractivity contribution in [3.05, 3.63) is 59.3 Å². The predicted octanol–water partition coefficient (Wildman–Crippen LogP) is 3.75. The van der Waals surface area contributed by atoms with Crippen LogP contribution in [0.15, 0.2) is 41.5 Å². The lowest BCUT2D eigenvalue weighted by Gasteiger charge is -2.21. The number of rotatable bonds is 9. The molecular weight excluding hydrogens is 517 g/mol. The van der Waals surface area contributed by atoms with Gasteiger partial charge >= 0.3 is 0 Å². The maximum absolute atomic E-state index is 5.18. The molecule has 1 aromatic carbocycles. The fourth-order valence-electron chi connectivity index (χ4n) is 3.49. The summed E-state index contributed by atoms with van der Waals surface area (Å²) in [5.74, 6) is 1.73. The number of nitrogens with one attached hydrogen (secondary N) is 2. The molecule has 3 rings (SSSR count). The van der Waals surface area contributed by atoms with Gasteiger partial charge in [-0.15, -0.1) is 24.0 Å². The van der Waals surface area contributed by atoms with Crippen LogP contribution in [0, 0.1) is 13.8 Å². The average Bonchev–Trinajstić information content (AvgIpc) is 3.34. The number of aromatic nitrogens is 4. The van der Waals surface area contributed by atoms with Gasteiger partial charge in [-0.05, 0) is 26.3 Å². The van der Waals surface area contributed by atoms with Crippen molar-refractivity contribution in [2.75, 3.05) is 27.3 Å². The second kappa shape index (κ2) is 12.6. The molecule has 0 unspecified atom stereocenters. The third-order valence-corrected chi connectivity index (χ3v) is 5.22. The lowest BCUT2D eigenvalue weighted by Crippen LogP contribution is -2.38. The van der Waals surface area contributed by atoms with Gasteiger partial charge in [0.25, 0.3) is 0 Å². The van der Waals surface area contributed by atoms with E-state index in [-0.39, 0.29) is 24.0 Å². The zero-order valence-electron chi connectivity index (χ0n) is 19.6. The summed E-state index contributed by atoms with van der Waals surface area (Å²) in [6, 6.07) is 10.2. The Morgan fingerprint density at radius 3 is 2.69 bits per heavy atom. The minimum atomic E-state index is 0. The standard InChI is InChI=1S/C23H33N7O.HI/c1-6-24-23(26-14-20-17(2)28-30(18(20)3)12-13-31-5)29(4)16-22-25-15-21(27-22)19-10-8-7-9-11-19;/h7-11,15H,6,12-14,16H2,1-5H3,(H,24,26)(H,25,27);1H. The molecule has 32 heavy (non-hydrogen) atoms. The SMILES string of the molecule is CCNC(=NCc1c(C)nn(CCOC)c1C)N(C)Cc1ncc(-c2ccccc2)[nH]1.I. The molecule has 2 aromatic heterocycles. The van der Waals surface area contributed by atoms with Crippen LogP contribution < -0.4 is 5.32 Å². The van der Waals surface area contributed by atoms with E-state index in [4.69, 9.17) is 9.73 Å². The molecule has 0 bridgehead atoms. The highest BCUT2D eigenvalue weighted by Crippen LogP contribution is 2.17. The highest BCUT2D eigenvalue weighted by atomic mass is 127. The number of H-pyrrole nitrogens is 1. The fourth-order valence-corrected chi connectivity index (χ4v) is 3.49. The molecule has 0 aliphatic carbocycles. The summed E-state index contributed by atoms with van der Waals surface area (Å²) in [5, 5.41) is 8.01. The van der Waals surface area contributed by atoms with Gasteiger partial charge in [-0.25, -0.2) is 9.98 Å². The summed E-state index contributed by atoms with van der Waals surface area (Å²) in [7, 11) is 3.73. The van der Waals surface area contributed by atoms with Crippen molar-refractivity contribution in [2.45, 2.75) is 40.4 Å². The fraction of sp³-hybridized carbons (Fsp3) is 0.435. The summed E-state index contributed by atoms with van der Waals surface area (Å²) in [4.78, 5) is 14.9. The zero-order chi connectivity index (χ0) is 22.2. The molecule has 9 heteroatoms. The minimum absolute atomic E-state index is 0. The number of hydrogen-bond donors (Lipinski definition) is 2. The van der Waals surface area contributed by atoms with Gasteiger partial charge in [0.1, 0.15) is 5.82 Å². The normalized spacial score (nSPS) is 11.3. The Morgan fingerprint density at radius 2 is 2.00 bits per heavy atom. The number of aromatic amines is 1. The van der Waals surface area contributed by atoms with E-state index in [0.29, 0.717) is 19.7 Å². The Labute approximate surface area is 207 Å². The largest absolute Gasteiger partial charge is 0.383 e. The predicted molar refractivity (Wildman–Crippen MR) is 139 cm³/mol. The van der Waals surface area contributed by atoms with Crippen LogP contribution in [0.3, 0.4) is 0 Å². The first-order valence-corrected chi connectivity index (χ1v) is 10.6. The van der Waals surface area contributed by atoms with Gasteiger partial charge in [0.05, 0.1) is 43.8 Å². The van der Waals surface area contributed by atoms with Crippen molar-refractivity contribution in [1.29, 1.82) is 0 Å². The van der Waals surface area contributed by atoms with E-state index in [9.17, 15) is 0 Å². The third kappa shape index (κ3) is 6.55. The number of guanidine groups is 1. The quantitative estimate of drug-likeness (QED) is 0.241. The summed E-state index contributed by atoms with van der Waals surface area (Å²) in [6.45, 7) is 9.58. The molecule has 0 saturated carbocycles. The second-order valence-electron chi connectivity index (χ2n) is 7.50. The zero-order valence-corrected chi connectivity index (χ0v) is 21.9. The van der Waals surface area contributed by atoms with E-state index in [1.807, 2.05) is 43.0 Å². The van der Waals surface area contributed by atoms with Crippen LogP contribution in [0.2, 0.25) is 0 Å². The molecular formula is C23H34IN7O. The number of ether oxygens (including phenoxy) is 1. The molecule has 0 saturated heterocycles. The molecule has 2 heterocycles. The summed E-state index contributed by atoms with van der Waals surface area (Å²) < 4.78 is 7.18. The number of methoxy groups -OCH3 is 1. The van der Waals surface area contributed by atoms with Gasteiger partial charge in [0.2, 0.25) is 0 Å². The lowest BCUT2D eigenvalue weighted by atomic mass is 10.2. The number of halogens is 1. The van der Waals surface area contributed by atoms with Crippen molar-refractivity contribution in [3.8, 4) is 11.3 Å². The van der Waals surface area contributed by atoms with Gasteiger partial charge < -0.3 is 19.9 Å². The van der Waals surface area contributed by atoms with Gasteiger partial charge in [0.15, 0.2) is 5.96 Å². The number of imidazole rings is 1. The molecule has 0 amide bonds. The van der Waals surface area contributed by atoms with Crippen LogP contribution in [0.4, 0.5) is 0 Å². The highest BCUT2D eigenvalue weighted by Gasteiger charge is 2.13. The van der Waals surface area contributed by atoms with Crippen LogP contribution in [-0.4, -0.2) is 57.9 Å². The van der Waals surface area contributed by atoms with E-state index in [0.717, 1.165) is 53.1 Å². The topological polar surface area (TPSA) is 83.4 Å². The van der Waals surface area contributed by atoms with Crippen molar-refractivity contribution < 1.29 is 4.74 Å². The van der Waals surface area contributed by atoms with Crippen LogP contribution in [0.25, 0.3) is 11.3 Å². The van der Waals surface area contributed by atoms with E-state index in [1.54, 1.807) is 7.11 Å². The van der Waals surface area contributed by atoms with Crippen LogP contribution in [0.5, 0.6) is 0 Å². The number of hydrogen-bond acceptors (Lipinski definition) is 4. The molecule has 174 valence electrons. The van der Waals surface area contributed by atoms with E-state index in [2.05, 4.69) is 51.3 Å². The van der Waals surface area contributed by atoms with Crippen molar-refractivity contribution in [1.82, 2.24) is 30.0 Å². The maximum atomic E-state index is 5.18. The summed E-state index contributed by atoms with van der Waals surface area (Å²) in [5.41, 5.74) is 5.44. The molecule has 0 fully saturated rings. The molecule has 0 radical (unpaired) electrons. The Morgan fingerprint density at radius 1 is 1.25 bits per heavy atom. The molecule has 0 spiro atoms. The van der Waals surface area contributed by atoms with E-state index in [1.165, 1.54) is 0 Å². The molecule has 8 nitrogen and oxygen atoms in total. The summed E-state index contributed by atoms with van der Waals surface area (Å²) in [6.07, 6.45) is 1.88. The lowest BCUT2D eigenvalue weighted by molar-refractivity contribution is 0.182. The third-order valence-electron chi connectivity index (χ3n) is 5.22. The van der Waals surface area contributed by atoms with Crippen molar-refractivity contribution in [2.24, 2.45) is 4.99 Å². The van der Waals surface area contributed by atoms with Crippen LogP contribution in [-0.2, 0) is 24.4 Å². The van der Waals surface area contributed by atoms with Gasteiger partial charge in [-0.2, -0.15) is 5.10 Å². The van der Waals surface area contributed by atoms with Crippen LogP contribution in [0.1, 0.15) is 29.7 Å². The van der Waals surface area contributed by atoms with Crippen molar-refractivity contribution in [3.63, 3.8) is 0 Å².